The summed E-state index contributed by atoms with van der Waals surface area (Å²) in [5, 5.41) is 0. The molecule has 10 heteroatoms. The second-order valence-corrected chi connectivity index (χ2v) is 8.23. The number of nitrogen functional groups attached to an aromatic ring is 1. The minimum atomic E-state index is -1.24. The van der Waals surface area contributed by atoms with Crippen LogP contribution in [0.5, 0.6) is 0 Å². The Morgan fingerprint density at radius 3 is 2.64 bits per heavy atom. The van der Waals surface area contributed by atoms with Crippen molar-refractivity contribution in [1.29, 1.82) is 0 Å². The summed E-state index contributed by atoms with van der Waals surface area (Å²) in [7, 11) is 0. The highest BCUT2D eigenvalue weighted by molar-refractivity contribution is 5.66. The van der Waals surface area contributed by atoms with Crippen molar-refractivity contribution in [2.24, 2.45) is 5.73 Å². The zero-order chi connectivity index (χ0) is 23.1. The number of hydrogen-bond acceptors (Lipinski definition) is 6. The van der Waals surface area contributed by atoms with Gasteiger partial charge in [-0.25, -0.2) is 23.1 Å². The van der Waals surface area contributed by atoms with Crippen LogP contribution in [-0.4, -0.2) is 38.5 Å². The first-order valence-corrected chi connectivity index (χ1v) is 10.6. The van der Waals surface area contributed by atoms with Gasteiger partial charge in [0, 0.05) is 61.5 Å². The van der Waals surface area contributed by atoms with E-state index in [2.05, 4.69) is 19.9 Å². The highest BCUT2D eigenvalue weighted by atomic mass is 19.2. The summed E-state index contributed by atoms with van der Waals surface area (Å²) in [5.74, 6) is -2.95. The molecular weight excluding hydrogens is 431 g/mol. The number of benzene rings is 1. The summed E-state index contributed by atoms with van der Waals surface area (Å²) >= 11 is 0. The summed E-state index contributed by atoms with van der Waals surface area (Å²) < 4.78 is 43.6. The first kappa shape index (κ1) is 21.2. The SMILES string of the molecule is Nc1nccn2c(Cc3cc(-c4cc(F)c(F)cc4F)ncc3N3CCC[C@@H](N)C3)cnc12. The number of pyridine rings is 1. The second kappa shape index (κ2) is 8.36. The summed E-state index contributed by atoms with van der Waals surface area (Å²) in [5.41, 5.74) is 15.3. The minimum absolute atomic E-state index is 0.0385. The molecule has 5 rings (SSSR count). The first-order chi connectivity index (χ1) is 15.9. The van der Waals surface area contributed by atoms with Crippen molar-refractivity contribution in [3.63, 3.8) is 0 Å². The molecule has 4 heterocycles. The lowest BCUT2D eigenvalue weighted by atomic mass is 10.0. The number of rotatable bonds is 4. The van der Waals surface area contributed by atoms with Crippen molar-refractivity contribution < 1.29 is 13.2 Å². The summed E-state index contributed by atoms with van der Waals surface area (Å²) in [6, 6.07) is 3.10. The van der Waals surface area contributed by atoms with E-state index in [9.17, 15) is 13.2 Å². The quantitative estimate of drug-likeness (QED) is 0.460. The molecule has 4 N–H and O–H groups in total. The number of aromatic nitrogens is 4. The number of imidazole rings is 1. The van der Waals surface area contributed by atoms with Crippen LogP contribution in [0, 0.1) is 17.5 Å². The Hall–Kier alpha value is -3.66. The molecular formula is C23H22F3N7. The van der Waals surface area contributed by atoms with Crippen molar-refractivity contribution in [3.8, 4) is 11.3 Å². The van der Waals surface area contributed by atoms with Gasteiger partial charge in [-0.2, -0.15) is 0 Å². The molecule has 0 unspecified atom stereocenters. The normalized spacial score (nSPS) is 16.5. The average molecular weight is 453 g/mol. The van der Waals surface area contributed by atoms with Crippen molar-refractivity contribution >= 4 is 17.2 Å². The molecule has 1 aliphatic rings. The predicted molar refractivity (Wildman–Crippen MR) is 119 cm³/mol. The molecule has 0 radical (unpaired) electrons. The summed E-state index contributed by atoms with van der Waals surface area (Å²) in [4.78, 5) is 15.0. The van der Waals surface area contributed by atoms with Crippen LogP contribution in [0.3, 0.4) is 0 Å². The van der Waals surface area contributed by atoms with E-state index in [1.54, 1.807) is 30.9 Å². The molecule has 170 valence electrons. The maximum Gasteiger partial charge on any atom is 0.180 e. The Bertz CT molecular complexity index is 1340. The van der Waals surface area contributed by atoms with Gasteiger partial charge in [0.05, 0.1) is 17.6 Å². The Morgan fingerprint density at radius 1 is 1.00 bits per heavy atom. The molecule has 1 aromatic carbocycles. The van der Waals surface area contributed by atoms with Gasteiger partial charge in [0.25, 0.3) is 0 Å². The number of fused-ring (bicyclic) bond motifs is 1. The van der Waals surface area contributed by atoms with Gasteiger partial charge < -0.3 is 16.4 Å². The van der Waals surface area contributed by atoms with Crippen molar-refractivity contribution in [2.45, 2.75) is 25.3 Å². The van der Waals surface area contributed by atoms with Crippen LogP contribution >= 0.6 is 0 Å². The summed E-state index contributed by atoms with van der Waals surface area (Å²) in [6.45, 7) is 1.48. The van der Waals surface area contributed by atoms with Gasteiger partial charge in [-0.3, -0.25) is 9.38 Å². The van der Waals surface area contributed by atoms with Crippen LogP contribution in [0.15, 0.2) is 43.0 Å². The number of anilines is 2. The molecule has 1 atom stereocenters. The van der Waals surface area contributed by atoms with Crippen molar-refractivity contribution in [1.82, 2.24) is 19.4 Å². The first-order valence-electron chi connectivity index (χ1n) is 10.6. The molecule has 0 amide bonds. The molecule has 1 fully saturated rings. The summed E-state index contributed by atoms with van der Waals surface area (Å²) in [6.07, 6.45) is 9.01. The third-order valence-corrected chi connectivity index (χ3v) is 5.95. The van der Waals surface area contributed by atoms with Gasteiger partial charge in [0.15, 0.2) is 23.1 Å². The van der Waals surface area contributed by atoms with Crippen LogP contribution < -0.4 is 16.4 Å². The standard InChI is InChI=1S/C23H22F3N7/c24-17-9-19(26)18(25)8-16(17)20-7-13(21(11-30-20)32-4-1-2-14(27)12-32)6-15-10-31-23-22(28)29-3-5-33(15)23/h3,5,7-11,14H,1-2,4,6,12,27H2,(H2,28,29)/t14-/m1/s1. The van der Waals surface area contributed by atoms with Gasteiger partial charge in [0.2, 0.25) is 0 Å². The van der Waals surface area contributed by atoms with E-state index in [-0.39, 0.29) is 17.3 Å². The van der Waals surface area contributed by atoms with E-state index in [0.717, 1.165) is 42.4 Å². The molecule has 1 aliphatic heterocycles. The minimum Gasteiger partial charge on any atom is -0.381 e. The Balaban J connectivity index is 1.61. The molecule has 0 bridgehead atoms. The van der Waals surface area contributed by atoms with Gasteiger partial charge in [-0.15, -0.1) is 0 Å². The zero-order valence-corrected chi connectivity index (χ0v) is 17.7. The lowest BCUT2D eigenvalue weighted by molar-refractivity contribution is 0.496. The zero-order valence-electron chi connectivity index (χ0n) is 17.7. The molecule has 4 aromatic rings. The molecule has 33 heavy (non-hydrogen) atoms. The number of nitrogens with two attached hydrogens (primary N) is 2. The lowest BCUT2D eigenvalue weighted by Crippen LogP contribution is -2.43. The third-order valence-electron chi connectivity index (χ3n) is 5.95. The van der Waals surface area contributed by atoms with E-state index in [1.165, 1.54) is 0 Å². The largest absolute Gasteiger partial charge is 0.381 e. The van der Waals surface area contributed by atoms with Crippen molar-refractivity contribution in [2.75, 3.05) is 23.7 Å². The molecule has 0 saturated carbocycles. The monoisotopic (exact) mass is 453 g/mol. The van der Waals surface area contributed by atoms with E-state index < -0.39 is 17.5 Å². The maximum atomic E-state index is 14.5. The Kier molecular flexibility index (Phi) is 5.37. The van der Waals surface area contributed by atoms with Gasteiger partial charge in [-0.1, -0.05) is 0 Å². The van der Waals surface area contributed by atoms with Crippen LogP contribution in [0.1, 0.15) is 24.1 Å². The fourth-order valence-electron chi connectivity index (χ4n) is 4.33. The van der Waals surface area contributed by atoms with E-state index in [4.69, 9.17) is 11.5 Å². The number of piperidine rings is 1. The maximum absolute atomic E-state index is 14.5. The fraction of sp³-hybridized carbons (Fsp3) is 0.261. The number of hydrogen-bond donors (Lipinski definition) is 2. The fourth-order valence-corrected chi connectivity index (χ4v) is 4.33. The smallest absolute Gasteiger partial charge is 0.180 e. The Morgan fingerprint density at radius 2 is 1.82 bits per heavy atom. The van der Waals surface area contributed by atoms with E-state index in [0.29, 0.717) is 30.5 Å². The molecule has 0 aliphatic carbocycles. The van der Waals surface area contributed by atoms with Crippen LogP contribution in [0.2, 0.25) is 0 Å². The van der Waals surface area contributed by atoms with Crippen LogP contribution in [0.4, 0.5) is 24.7 Å². The van der Waals surface area contributed by atoms with Gasteiger partial charge >= 0.3 is 0 Å². The van der Waals surface area contributed by atoms with Gasteiger partial charge in [-0.05, 0) is 30.5 Å². The molecule has 1 saturated heterocycles. The van der Waals surface area contributed by atoms with Gasteiger partial charge in [0.1, 0.15) is 5.82 Å². The number of nitrogens with zero attached hydrogens (tertiary/aromatic N) is 5. The van der Waals surface area contributed by atoms with Crippen molar-refractivity contribution in [3.05, 3.63) is 71.7 Å². The third kappa shape index (κ3) is 3.97. The topological polar surface area (TPSA) is 98.4 Å². The molecule has 7 nitrogen and oxygen atoms in total. The van der Waals surface area contributed by atoms with Crippen LogP contribution in [-0.2, 0) is 6.42 Å². The average Bonchev–Trinajstić information content (AvgIpc) is 3.20. The molecule has 0 spiro atoms. The second-order valence-electron chi connectivity index (χ2n) is 8.23. The van der Waals surface area contributed by atoms with E-state index >= 15 is 0 Å². The molecule has 3 aromatic heterocycles. The lowest BCUT2D eigenvalue weighted by Gasteiger charge is -2.34. The highest BCUT2D eigenvalue weighted by Gasteiger charge is 2.22. The highest BCUT2D eigenvalue weighted by Crippen LogP contribution is 2.31. The van der Waals surface area contributed by atoms with Crippen LogP contribution in [0.25, 0.3) is 16.9 Å². The number of halogens is 3. The predicted octanol–water partition coefficient (Wildman–Crippen LogP) is 3.31. The Labute approximate surface area is 187 Å². The van der Waals surface area contributed by atoms with E-state index in [1.807, 2.05) is 4.40 Å².